The van der Waals surface area contributed by atoms with Crippen molar-refractivity contribution in [3.63, 3.8) is 0 Å². The van der Waals surface area contributed by atoms with Gasteiger partial charge in [0.15, 0.2) is 0 Å². The molecule has 0 saturated heterocycles. The minimum absolute atomic E-state index is 0.0240. The minimum Gasteiger partial charge on any atom is -0.464 e. The van der Waals surface area contributed by atoms with Crippen molar-refractivity contribution in [3.05, 3.63) is 5.28 Å². The zero-order valence-corrected chi connectivity index (χ0v) is 13.0. The summed E-state index contributed by atoms with van der Waals surface area (Å²) in [6.45, 7) is 5.06. The first-order valence-corrected chi connectivity index (χ1v) is 6.95. The SMILES string of the molecule is CCOc1nc(Cl)nc(OCCOCCOCCOC)n1. The number of rotatable bonds is 12. The predicted molar refractivity (Wildman–Crippen MR) is 75.0 cm³/mol. The Bertz CT molecular complexity index is 397. The van der Waals surface area contributed by atoms with Gasteiger partial charge in [-0.15, -0.1) is 4.98 Å². The van der Waals surface area contributed by atoms with Crippen LogP contribution in [0.5, 0.6) is 12.0 Å². The number of halogens is 1. The van der Waals surface area contributed by atoms with Crippen LogP contribution in [-0.4, -0.2) is 68.3 Å². The lowest BCUT2D eigenvalue weighted by molar-refractivity contribution is 0.0172. The van der Waals surface area contributed by atoms with Gasteiger partial charge in [0, 0.05) is 7.11 Å². The van der Waals surface area contributed by atoms with Crippen LogP contribution in [0.15, 0.2) is 0 Å². The average molecular weight is 322 g/mol. The number of hydrogen-bond donors (Lipinski definition) is 0. The highest BCUT2D eigenvalue weighted by Crippen LogP contribution is 2.12. The van der Waals surface area contributed by atoms with E-state index in [4.69, 9.17) is 35.3 Å². The van der Waals surface area contributed by atoms with E-state index in [1.54, 1.807) is 7.11 Å². The molecule has 0 atom stereocenters. The fourth-order valence-electron chi connectivity index (χ4n) is 1.23. The molecule has 0 aliphatic heterocycles. The van der Waals surface area contributed by atoms with Crippen LogP contribution in [0.25, 0.3) is 0 Å². The summed E-state index contributed by atoms with van der Waals surface area (Å²) in [5, 5.41) is 0.0240. The molecule has 0 fully saturated rings. The standard InChI is InChI=1S/C12H20ClN3O5/c1-3-20-11-14-10(13)15-12(16-11)21-9-8-19-7-6-18-5-4-17-2/h3-9H2,1-2H3. The van der Waals surface area contributed by atoms with Gasteiger partial charge in [-0.3, -0.25) is 0 Å². The quantitative estimate of drug-likeness (QED) is 0.527. The molecule has 21 heavy (non-hydrogen) atoms. The fraction of sp³-hybridized carbons (Fsp3) is 0.750. The Labute approximate surface area is 128 Å². The number of nitrogens with zero attached hydrogens (tertiary/aromatic N) is 3. The highest BCUT2D eigenvalue weighted by atomic mass is 35.5. The van der Waals surface area contributed by atoms with E-state index in [2.05, 4.69) is 15.0 Å². The zero-order chi connectivity index (χ0) is 15.3. The molecule has 0 aliphatic carbocycles. The lowest BCUT2D eigenvalue weighted by Crippen LogP contribution is -2.13. The molecule has 0 N–H and O–H groups in total. The molecule has 0 saturated carbocycles. The maximum absolute atomic E-state index is 5.73. The van der Waals surface area contributed by atoms with Crippen molar-refractivity contribution < 1.29 is 23.7 Å². The van der Waals surface area contributed by atoms with E-state index < -0.39 is 0 Å². The van der Waals surface area contributed by atoms with E-state index >= 15 is 0 Å². The molecule has 1 heterocycles. The summed E-state index contributed by atoms with van der Waals surface area (Å²) in [6, 6.07) is 0.248. The molecule has 0 unspecified atom stereocenters. The van der Waals surface area contributed by atoms with Gasteiger partial charge < -0.3 is 23.7 Å². The molecule has 9 heteroatoms. The van der Waals surface area contributed by atoms with Gasteiger partial charge in [0.1, 0.15) is 6.61 Å². The Morgan fingerprint density at radius 1 is 0.810 bits per heavy atom. The van der Waals surface area contributed by atoms with Crippen molar-refractivity contribution in [2.24, 2.45) is 0 Å². The Hall–Kier alpha value is -1.22. The van der Waals surface area contributed by atoms with Crippen LogP contribution in [0, 0.1) is 0 Å². The highest BCUT2D eigenvalue weighted by Gasteiger charge is 2.06. The molecule has 120 valence electrons. The lowest BCUT2D eigenvalue weighted by atomic mass is 10.7. The van der Waals surface area contributed by atoms with Crippen LogP contribution < -0.4 is 9.47 Å². The Kier molecular flexibility index (Phi) is 9.71. The first kappa shape index (κ1) is 17.8. The van der Waals surface area contributed by atoms with Crippen molar-refractivity contribution in [1.82, 2.24) is 15.0 Å². The van der Waals surface area contributed by atoms with Crippen LogP contribution in [-0.2, 0) is 14.2 Å². The van der Waals surface area contributed by atoms with E-state index in [9.17, 15) is 0 Å². The van der Waals surface area contributed by atoms with Crippen LogP contribution in [0.4, 0.5) is 0 Å². The van der Waals surface area contributed by atoms with Crippen LogP contribution in [0.2, 0.25) is 5.28 Å². The molecule has 0 aliphatic rings. The van der Waals surface area contributed by atoms with Crippen LogP contribution >= 0.6 is 11.6 Å². The largest absolute Gasteiger partial charge is 0.464 e. The zero-order valence-electron chi connectivity index (χ0n) is 12.2. The van der Waals surface area contributed by atoms with Crippen molar-refractivity contribution in [2.45, 2.75) is 6.92 Å². The second-order valence-electron chi connectivity index (χ2n) is 3.67. The normalized spacial score (nSPS) is 10.6. The molecular weight excluding hydrogens is 302 g/mol. The number of aromatic nitrogens is 3. The van der Waals surface area contributed by atoms with Gasteiger partial charge in [-0.05, 0) is 18.5 Å². The predicted octanol–water partition coefficient (Wildman–Crippen LogP) is 0.982. The topological polar surface area (TPSA) is 84.8 Å². The molecule has 0 aromatic carbocycles. The summed E-state index contributed by atoms with van der Waals surface area (Å²) < 4.78 is 25.8. The summed E-state index contributed by atoms with van der Waals surface area (Å²) in [7, 11) is 1.63. The molecule has 8 nitrogen and oxygen atoms in total. The molecule has 0 bridgehead atoms. The Morgan fingerprint density at radius 2 is 1.38 bits per heavy atom. The molecular formula is C12H20ClN3O5. The average Bonchev–Trinajstić information content (AvgIpc) is 2.45. The third-order valence-electron chi connectivity index (χ3n) is 2.10. The first-order chi connectivity index (χ1) is 10.3. The second-order valence-corrected chi connectivity index (χ2v) is 4.01. The molecule has 1 aromatic heterocycles. The lowest BCUT2D eigenvalue weighted by Gasteiger charge is -2.07. The molecule has 0 amide bonds. The Balaban J connectivity index is 2.12. The maximum Gasteiger partial charge on any atom is 0.324 e. The number of hydrogen-bond acceptors (Lipinski definition) is 8. The van der Waals surface area contributed by atoms with E-state index in [0.29, 0.717) is 46.2 Å². The third-order valence-corrected chi connectivity index (χ3v) is 2.27. The molecule has 0 radical (unpaired) electrons. The summed E-state index contributed by atoms with van der Waals surface area (Å²) in [4.78, 5) is 11.6. The van der Waals surface area contributed by atoms with Crippen LogP contribution in [0.1, 0.15) is 6.92 Å². The maximum atomic E-state index is 5.73. The smallest absolute Gasteiger partial charge is 0.324 e. The van der Waals surface area contributed by atoms with Crippen molar-refractivity contribution in [1.29, 1.82) is 0 Å². The first-order valence-electron chi connectivity index (χ1n) is 6.57. The van der Waals surface area contributed by atoms with Gasteiger partial charge in [-0.2, -0.15) is 9.97 Å². The minimum atomic E-state index is 0.0240. The molecule has 0 spiro atoms. The number of ether oxygens (including phenoxy) is 5. The van der Waals surface area contributed by atoms with E-state index in [1.807, 2.05) is 6.92 Å². The van der Waals surface area contributed by atoms with Gasteiger partial charge >= 0.3 is 12.0 Å². The monoisotopic (exact) mass is 321 g/mol. The van der Waals surface area contributed by atoms with E-state index in [0.717, 1.165) is 0 Å². The van der Waals surface area contributed by atoms with Crippen molar-refractivity contribution >= 4 is 11.6 Å². The highest BCUT2D eigenvalue weighted by molar-refractivity contribution is 6.28. The van der Waals surface area contributed by atoms with Crippen LogP contribution in [0.3, 0.4) is 0 Å². The van der Waals surface area contributed by atoms with Gasteiger partial charge in [-0.1, -0.05) is 0 Å². The molecule has 1 rings (SSSR count). The third kappa shape index (κ3) is 8.61. The second kappa shape index (κ2) is 11.4. The van der Waals surface area contributed by atoms with E-state index in [1.165, 1.54) is 0 Å². The van der Waals surface area contributed by atoms with Gasteiger partial charge in [0.25, 0.3) is 0 Å². The summed E-state index contributed by atoms with van der Waals surface area (Å²) in [5.74, 6) is 0. The van der Waals surface area contributed by atoms with Gasteiger partial charge in [0.05, 0.1) is 39.6 Å². The fourth-order valence-corrected chi connectivity index (χ4v) is 1.37. The summed E-state index contributed by atoms with van der Waals surface area (Å²) >= 11 is 5.73. The summed E-state index contributed by atoms with van der Waals surface area (Å²) in [5.41, 5.74) is 0. The Morgan fingerprint density at radius 3 is 2.00 bits per heavy atom. The van der Waals surface area contributed by atoms with Crippen molar-refractivity contribution in [3.8, 4) is 12.0 Å². The van der Waals surface area contributed by atoms with Crippen molar-refractivity contribution in [2.75, 3.05) is 53.4 Å². The van der Waals surface area contributed by atoms with Gasteiger partial charge in [-0.25, -0.2) is 0 Å². The summed E-state index contributed by atoms with van der Waals surface area (Å²) in [6.07, 6.45) is 0. The van der Waals surface area contributed by atoms with Gasteiger partial charge in [0.2, 0.25) is 5.28 Å². The van der Waals surface area contributed by atoms with E-state index in [-0.39, 0.29) is 17.3 Å². The molecule has 1 aromatic rings. The number of methoxy groups -OCH3 is 1.